The van der Waals surface area contributed by atoms with Gasteiger partial charge in [0.2, 0.25) is 10.0 Å². The highest BCUT2D eigenvalue weighted by Gasteiger charge is 2.30. The minimum absolute atomic E-state index is 0.290. The third-order valence-electron chi connectivity index (χ3n) is 4.34. The number of nitrogens with zero attached hydrogens (tertiary/aromatic N) is 1. The van der Waals surface area contributed by atoms with Crippen LogP contribution in [0, 0.1) is 0 Å². The third-order valence-corrected chi connectivity index (χ3v) is 5.80. The van der Waals surface area contributed by atoms with Gasteiger partial charge in [0.1, 0.15) is 11.1 Å². The second kappa shape index (κ2) is 6.08. The monoisotopic (exact) mass is 345 g/mol. The zero-order valence-corrected chi connectivity index (χ0v) is 13.9. The molecule has 0 spiro atoms. The smallest absolute Gasteiger partial charge is 0.244 e. The molecule has 2 aromatic carbocycles. The molecule has 0 saturated carbocycles. The number of hydrogen-bond acceptors (Lipinski definition) is 5. The molecule has 2 aliphatic rings. The standard InChI is InChI=1S/C17H19N3O3S/c21-24(22)16-12-14(20-8-10-23-11-9-20)6-7-15(16)18-17(19-24)13-4-2-1-3-5-13/h1-7,12,17-19H,8-11H2. The number of rotatable bonds is 2. The lowest BCUT2D eigenvalue weighted by atomic mass is 10.1. The van der Waals surface area contributed by atoms with Crippen LogP contribution in [0.25, 0.3) is 0 Å². The van der Waals surface area contributed by atoms with E-state index in [2.05, 4.69) is 14.9 Å². The summed E-state index contributed by atoms with van der Waals surface area (Å²) in [4.78, 5) is 2.43. The molecule has 0 aliphatic carbocycles. The molecule has 1 fully saturated rings. The van der Waals surface area contributed by atoms with Crippen molar-refractivity contribution in [3.63, 3.8) is 0 Å². The Balaban J connectivity index is 1.68. The molecule has 6 nitrogen and oxygen atoms in total. The van der Waals surface area contributed by atoms with E-state index in [-0.39, 0.29) is 0 Å². The SMILES string of the molecule is O=S1(=O)NC(c2ccccc2)Nc2ccc(N3CCOCC3)cc21. The molecule has 1 atom stereocenters. The molecule has 1 saturated heterocycles. The number of morpholine rings is 1. The lowest BCUT2D eigenvalue weighted by molar-refractivity contribution is 0.122. The van der Waals surface area contributed by atoms with Crippen molar-refractivity contribution in [1.82, 2.24) is 4.72 Å². The molecule has 24 heavy (non-hydrogen) atoms. The highest BCUT2D eigenvalue weighted by Crippen LogP contribution is 2.34. The Morgan fingerprint density at radius 1 is 1.04 bits per heavy atom. The van der Waals surface area contributed by atoms with E-state index in [1.165, 1.54) is 0 Å². The van der Waals surface area contributed by atoms with Crippen molar-refractivity contribution in [3.05, 3.63) is 54.1 Å². The van der Waals surface area contributed by atoms with Crippen molar-refractivity contribution >= 4 is 21.4 Å². The lowest BCUT2D eigenvalue weighted by Gasteiger charge is -2.32. The van der Waals surface area contributed by atoms with Crippen LogP contribution in [-0.4, -0.2) is 34.7 Å². The first-order valence-corrected chi connectivity index (χ1v) is 9.42. The fourth-order valence-electron chi connectivity index (χ4n) is 3.07. The van der Waals surface area contributed by atoms with Crippen LogP contribution in [-0.2, 0) is 14.8 Å². The van der Waals surface area contributed by atoms with Gasteiger partial charge in [-0.15, -0.1) is 0 Å². The van der Waals surface area contributed by atoms with E-state index in [1.807, 2.05) is 42.5 Å². The Morgan fingerprint density at radius 2 is 1.79 bits per heavy atom. The van der Waals surface area contributed by atoms with Gasteiger partial charge >= 0.3 is 0 Å². The number of nitrogens with one attached hydrogen (secondary N) is 2. The number of anilines is 2. The average molecular weight is 345 g/mol. The van der Waals surface area contributed by atoms with Gasteiger partial charge in [-0.1, -0.05) is 30.3 Å². The van der Waals surface area contributed by atoms with Gasteiger partial charge in [-0.2, -0.15) is 4.72 Å². The Hall–Kier alpha value is -2.09. The van der Waals surface area contributed by atoms with Crippen molar-refractivity contribution in [2.24, 2.45) is 0 Å². The Labute approximate surface area is 141 Å². The number of benzene rings is 2. The number of hydrogen-bond donors (Lipinski definition) is 2. The summed E-state index contributed by atoms with van der Waals surface area (Å²) < 4.78 is 33.5. The van der Waals surface area contributed by atoms with Crippen molar-refractivity contribution in [3.8, 4) is 0 Å². The number of sulfonamides is 1. The maximum Gasteiger partial charge on any atom is 0.244 e. The summed E-state index contributed by atoms with van der Waals surface area (Å²) in [5.74, 6) is 0. The first kappa shape index (κ1) is 15.4. The molecule has 2 N–H and O–H groups in total. The summed E-state index contributed by atoms with van der Waals surface area (Å²) in [7, 11) is -3.57. The van der Waals surface area contributed by atoms with E-state index in [1.54, 1.807) is 6.07 Å². The fraction of sp³-hybridized carbons (Fsp3) is 0.294. The molecular formula is C17H19N3O3S. The van der Waals surface area contributed by atoms with Gasteiger partial charge in [0.25, 0.3) is 0 Å². The van der Waals surface area contributed by atoms with Crippen LogP contribution < -0.4 is 14.9 Å². The first-order valence-electron chi connectivity index (χ1n) is 7.94. The van der Waals surface area contributed by atoms with Crippen LogP contribution in [0.15, 0.2) is 53.4 Å². The van der Waals surface area contributed by atoms with Crippen LogP contribution in [0.3, 0.4) is 0 Å². The molecule has 4 rings (SSSR count). The maximum atomic E-state index is 12.7. The maximum absolute atomic E-state index is 12.7. The van der Waals surface area contributed by atoms with Crippen molar-refractivity contribution < 1.29 is 13.2 Å². The molecule has 126 valence electrons. The highest BCUT2D eigenvalue weighted by atomic mass is 32.2. The molecule has 0 radical (unpaired) electrons. The van der Waals surface area contributed by atoms with Crippen LogP contribution in [0.4, 0.5) is 11.4 Å². The molecule has 2 heterocycles. The molecule has 0 aromatic heterocycles. The fourth-order valence-corrected chi connectivity index (χ4v) is 4.40. The summed E-state index contributed by atoms with van der Waals surface area (Å²) in [6, 6.07) is 15.0. The summed E-state index contributed by atoms with van der Waals surface area (Å²) in [6.07, 6.45) is -0.460. The van der Waals surface area contributed by atoms with Gasteiger partial charge < -0.3 is 15.0 Å². The number of fused-ring (bicyclic) bond motifs is 1. The largest absolute Gasteiger partial charge is 0.378 e. The van der Waals surface area contributed by atoms with Crippen LogP contribution in [0.5, 0.6) is 0 Å². The quantitative estimate of drug-likeness (QED) is 0.870. The van der Waals surface area contributed by atoms with E-state index in [0.717, 1.165) is 24.3 Å². The third kappa shape index (κ3) is 2.86. The van der Waals surface area contributed by atoms with Crippen molar-refractivity contribution in [2.45, 2.75) is 11.1 Å². The van der Waals surface area contributed by atoms with E-state index < -0.39 is 16.2 Å². The minimum atomic E-state index is -3.57. The molecule has 2 aromatic rings. The summed E-state index contributed by atoms with van der Waals surface area (Å²) in [5.41, 5.74) is 2.41. The second-order valence-electron chi connectivity index (χ2n) is 5.89. The zero-order valence-electron chi connectivity index (χ0n) is 13.1. The predicted octanol–water partition coefficient (Wildman–Crippen LogP) is 1.93. The van der Waals surface area contributed by atoms with E-state index in [4.69, 9.17) is 4.74 Å². The summed E-state index contributed by atoms with van der Waals surface area (Å²) in [6.45, 7) is 2.87. The van der Waals surface area contributed by atoms with Crippen LogP contribution >= 0.6 is 0 Å². The Bertz CT molecular complexity index is 833. The molecule has 0 bridgehead atoms. The normalized spacial score (nSPS) is 22.5. The Kier molecular flexibility index (Phi) is 3.91. The summed E-state index contributed by atoms with van der Waals surface area (Å²) >= 11 is 0. The van der Waals surface area contributed by atoms with Gasteiger partial charge in [0.05, 0.1) is 18.9 Å². The topological polar surface area (TPSA) is 70.7 Å². The van der Waals surface area contributed by atoms with Gasteiger partial charge in [0.15, 0.2) is 0 Å². The lowest BCUT2D eigenvalue weighted by Crippen LogP contribution is -2.39. The van der Waals surface area contributed by atoms with Gasteiger partial charge in [-0.05, 0) is 23.8 Å². The van der Waals surface area contributed by atoms with Crippen molar-refractivity contribution in [1.29, 1.82) is 0 Å². The zero-order chi connectivity index (χ0) is 16.6. The van der Waals surface area contributed by atoms with E-state index in [0.29, 0.717) is 23.8 Å². The molecule has 7 heteroatoms. The predicted molar refractivity (Wildman–Crippen MR) is 92.6 cm³/mol. The molecule has 1 unspecified atom stereocenters. The van der Waals surface area contributed by atoms with E-state index in [9.17, 15) is 8.42 Å². The number of ether oxygens (including phenoxy) is 1. The molecular weight excluding hydrogens is 326 g/mol. The first-order chi connectivity index (χ1) is 11.6. The van der Waals surface area contributed by atoms with Crippen LogP contribution in [0.2, 0.25) is 0 Å². The Morgan fingerprint density at radius 3 is 2.54 bits per heavy atom. The van der Waals surface area contributed by atoms with Gasteiger partial charge in [0, 0.05) is 18.8 Å². The molecule has 0 amide bonds. The average Bonchev–Trinajstić information content (AvgIpc) is 2.62. The van der Waals surface area contributed by atoms with Crippen molar-refractivity contribution in [2.75, 3.05) is 36.5 Å². The van der Waals surface area contributed by atoms with Gasteiger partial charge in [-0.3, -0.25) is 0 Å². The van der Waals surface area contributed by atoms with Gasteiger partial charge in [-0.25, -0.2) is 8.42 Å². The van der Waals surface area contributed by atoms with E-state index >= 15 is 0 Å². The highest BCUT2D eigenvalue weighted by molar-refractivity contribution is 7.89. The summed E-state index contributed by atoms with van der Waals surface area (Å²) in [5, 5.41) is 3.27. The molecule has 2 aliphatic heterocycles. The minimum Gasteiger partial charge on any atom is -0.378 e. The second-order valence-corrected chi connectivity index (χ2v) is 7.57. The van der Waals surface area contributed by atoms with Crippen LogP contribution in [0.1, 0.15) is 11.7 Å².